The number of nitrogens with zero attached hydrogens (tertiary/aromatic N) is 2. The molecule has 2 atom stereocenters. The second-order valence-electron chi connectivity index (χ2n) is 19.3. The van der Waals surface area contributed by atoms with Crippen LogP contribution in [0.25, 0.3) is 21.3 Å². The fourth-order valence-electron chi connectivity index (χ4n) is 9.04. The highest BCUT2D eigenvalue weighted by Crippen LogP contribution is 2.31. The monoisotopic (exact) mass is 1130 g/mol. The largest absolute Gasteiger partial charge is 0.493 e. The summed E-state index contributed by atoms with van der Waals surface area (Å²) in [5, 5.41) is 29.1. The molecule has 10 aromatic rings. The lowest BCUT2D eigenvalue weighted by atomic mass is 10.00. The minimum absolute atomic E-state index is 0.163. The van der Waals surface area contributed by atoms with Crippen LogP contribution in [0.15, 0.2) is 204 Å². The van der Waals surface area contributed by atoms with E-state index in [1.165, 1.54) is 4.88 Å². The van der Waals surface area contributed by atoms with E-state index in [2.05, 4.69) is 34.7 Å². The molecule has 0 aliphatic rings. The van der Waals surface area contributed by atoms with Crippen LogP contribution in [0.5, 0.6) is 11.5 Å². The maximum atomic E-state index is 13.1. The first-order valence-corrected chi connectivity index (χ1v) is 28.4. The van der Waals surface area contributed by atoms with Crippen LogP contribution in [0.1, 0.15) is 70.6 Å². The summed E-state index contributed by atoms with van der Waals surface area (Å²) in [5.74, 6) is 0.482. The quantitative estimate of drug-likeness (QED) is 0.0419. The second kappa shape index (κ2) is 27.6. The van der Waals surface area contributed by atoms with Gasteiger partial charge in [-0.25, -0.2) is 19.6 Å². The molecule has 3 aromatic heterocycles. The molecule has 0 spiro atoms. The van der Waals surface area contributed by atoms with E-state index in [4.69, 9.17) is 18.9 Å². The van der Waals surface area contributed by atoms with Crippen molar-refractivity contribution in [1.29, 1.82) is 0 Å². The molecular formula is C67H60N4O9S2. The van der Waals surface area contributed by atoms with Crippen molar-refractivity contribution in [2.75, 3.05) is 23.8 Å². The zero-order valence-corrected chi connectivity index (χ0v) is 47.0. The number of aryl methyl sites for hydroxylation is 3. The standard InChI is InChI=1S/C34H30N2O4S.C33H30N2O5S/c1-23-29(36-33(41-23)26-12-6-3-7-13-26)20-21-40-27-18-16-24(17-19-27)22-31(34(38)39)35-30-15-9-8-14-28(30)32(37)25-10-4-2-5-11-25;1-21-17-19-41-31(21)32-35-27(22(2)40-32)16-18-39-25-14-12-23(13-15-25)20-29(33(37)38)34-28-11-7-6-10-26(28)30(36)24-8-4-3-5-9-24/h2-19,31,35H,20-22H2,1H3,(H,38,39);3-15,17,19,29,34H,16,18,20H2,1-2H3,(H,37,38)/t31-;/m0./s1. The number of carbonyl (C=O) groups is 4. The molecule has 0 saturated carbocycles. The van der Waals surface area contributed by atoms with Crippen LogP contribution >= 0.6 is 22.7 Å². The summed E-state index contributed by atoms with van der Waals surface area (Å²) in [5.41, 5.74) is 8.74. The van der Waals surface area contributed by atoms with Crippen molar-refractivity contribution in [3.8, 4) is 32.8 Å². The van der Waals surface area contributed by atoms with E-state index in [1.54, 1.807) is 120 Å². The Bertz CT molecular complexity index is 3750. The van der Waals surface area contributed by atoms with Crippen molar-refractivity contribution >= 4 is 57.6 Å². The molecule has 0 amide bonds. The second-order valence-corrected chi connectivity index (χ2v) is 21.4. The van der Waals surface area contributed by atoms with E-state index < -0.39 is 24.0 Å². The Labute approximate surface area is 484 Å². The number of para-hydroxylation sites is 2. The van der Waals surface area contributed by atoms with Crippen molar-refractivity contribution in [2.45, 2.75) is 58.5 Å². The van der Waals surface area contributed by atoms with Crippen molar-refractivity contribution in [2.24, 2.45) is 0 Å². The third kappa shape index (κ3) is 15.1. The number of carboxylic acids is 2. The lowest BCUT2D eigenvalue weighted by Gasteiger charge is -2.18. The van der Waals surface area contributed by atoms with Gasteiger partial charge in [0.2, 0.25) is 5.89 Å². The number of carboxylic acid groups (broad SMARTS) is 2. The van der Waals surface area contributed by atoms with E-state index in [-0.39, 0.29) is 24.4 Å². The number of hydrogen-bond acceptors (Lipinski definition) is 13. The smallest absolute Gasteiger partial charge is 0.326 e. The van der Waals surface area contributed by atoms with Gasteiger partial charge in [0.1, 0.15) is 34.4 Å². The lowest BCUT2D eigenvalue weighted by molar-refractivity contribution is -0.138. The Kier molecular flexibility index (Phi) is 19.3. The third-order valence-electron chi connectivity index (χ3n) is 13.5. The molecule has 0 aliphatic carbocycles. The third-order valence-corrected chi connectivity index (χ3v) is 15.5. The molecule has 1 unspecified atom stereocenters. The zero-order valence-electron chi connectivity index (χ0n) is 45.4. The molecule has 82 heavy (non-hydrogen) atoms. The van der Waals surface area contributed by atoms with E-state index >= 15 is 0 Å². The summed E-state index contributed by atoms with van der Waals surface area (Å²) < 4.78 is 17.8. The molecular weight excluding hydrogens is 1070 g/mol. The van der Waals surface area contributed by atoms with Gasteiger partial charge in [-0.15, -0.1) is 22.7 Å². The van der Waals surface area contributed by atoms with Gasteiger partial charge in [-0.1, -0.05) is 140 Å². The average molecular weight is 1130 g/mol. The number of thiazole rings is 1. The van der Waals surface area contributed by atoms with Gasteiger partial charge in [0.25, 0.3) is 0 Å². The molecule has 0 aliphatic heterocycles. The van der Waals surface area contributed by atoms with Crippen molar-refractivity contribution in [3.05, 3.63) is 260 Å². The van der Waals surface area contributed by atoms with Crippen LogP contribution < -0.4 is 20.1 Å². The van der Waals surface area contributed by atoms with Crippen LogP contribution in [0.4, 0.5) is 11.4 Å². The van der Waals surface area contributed by atoms with Crippen LogP contribution in [-0.4, -0.2) is 69.0 Å². The zero-order chi connectivity index (χ0) is 57.4. The van der Waals surface area contributed by atoms with E-state index in [9.17, 15) is 29.4 Å². The SMILES string of the molecule is Cc1ccsc1-c1nc(CCOc2ccc(CC(Nc3ccccc3C(=O)c3ccccc3)C(=O)O)cc2)c(C)o1.Cc1sc(-c2ccccc2)nc1CCOc1ccc(C[C@H](Nc2ccccc2C(=O)c2ccccc2)C(=O)O)cc1. The molecule has 0 radical (unpaired) electrons. The number of rotatable bonds is 24. The number of thiophene rings is 1. The molecule has 4 N–H and O–H groups in total. The first kappa shape index (κ1) is 57.3. The fourth-order valence-corrected chi connectivity index (χ4v) is 10.9. The lowest BCUT2D eigenvalue weighted by Crippen LogP contribution is -2.32. The molecule has 0 saturated heterocycles. The highest BCUT2D eigenvalue weighted by atomic mass is 32.1. The number of benzene rings is 7. The highest BCUT2D eigenvalue weighted by molar-refractivity contribution is 7.15. The Hall–Kier alpha value is -9.44. The number of carbonyl (C=O) groups excluding carboxylic acids is 2. The van der Waals surface area contributed by atoms with Gasteiger partial charge in [-0.2, -0.15) is 0 Å². The van der Waals surface area contributed by atoms with Crippen molar-refractivity contribution in [1.82, 2.24) is 9.97 Å². The number of oxazole rings is 1. The number of ketones is 2. The van der Waals surface area contributed by atoms with Crippen LogP contribution in [0, 0.1) is 20.8 Å². The number of hydrogen-bond donors (Lipinski definition) is 4. The molecule has 414 valence electrons. The maximum absolute atomic E-state index is 13.1. The molecule has 15 heteroatoms. The Morgan fingerprint density at radius 2 is 0.988 bits per heavy atom. The normalized spacial score (nSPS) is 11.6. The number of anilines is 2. The van der Waals surface area contributed by atoms with Gasteiger partial charge in [-0.05, 0) is 97.4 Å². The van der Waals surface area contributed by atoms with Gasteiger partial charge in [0.15, 0.2) is 11.6 Å². The predicted molar refractivity (Wildman–Crippen MR) is 323 cm³/mol. The average Bonchev–Trinajstić information content (AvgIpc) is 4.33. The number of aromatic nitrogens is 2. The molecule has 0 bridgehead atoms. The summed E-state index contributed by atoms with van der Waals surface area (Å²) >= 11 is 3.30. The predicted octanol–water partition coefficient (Wildman–Crippen LogP) is 14.1. The molecule has 0 fully saturated rings. The van der Waals surface area contributed by atoms with E-state index in [0.29, 0.717) is 77.1 Å². The number of nitrogens with one attached hydrogen (secondary N) is 2. The van der Waals surface area contributed by atoms with Crippen LogP contribution in [-0.2, 0) is 35.3 Å². The Morgan fingerprint density at radius 3 is 1.45 bits per heavy atom. The van der Waals surface area contributed by atoms with Gasteiger partial charge < -0.3 is 34.7 Å². The summed E-state index contributed by atoms with van der Waals surface area (Å²) in [7, 11) is 0. The Balaban J connectivity index is 0.000000198. The highest BCUT2D eigenvalue weighted by Gasteiger charge is 2.24. The molecule has 10 rings (SSSR count). The van der Waals surface area contributed by atoms with E-state index in [1.807, 2.05) is 104 Å². The van der Waals surface area contributed by atoms with Crippen molar-refractivity contribution in [3.63, 3.8) is 0 Å². The van der Waals surface area contributed by atoms with E-state index in [0.717, 1.165) is 49.3 Å². The summed E-state index contributed by atoms with van der Waals surface area (Å²) in [4.78, 5) is 62.1. The van der Waals surface area contributed by atoms with Crippen LogP contribution in [0.2, 0.25) is 0 Å². The van der Waals surface area contributed by atoms with Gasteiger partial charge >= 0.3 is 11.9 Å². The van der Waals surface area contributed by atoms with Gasteiger partial charge in [0, 0.05) is 69.8 Å². The first-order valence-electron chi connectivity index (χ1n) is 26.7. The van der Waals surface area contributed by atoms with Gasteiger partial charge in [0.05, 0.1) is 29.5 Å². The van der Waals surface area contributed by atoms with Crippen LogP contribution in [0.3, 0.4) is 0 Å². The molecule has 13 nitrogen and oxygen atoms in total. The minimum atomic E-state index is -1.01. The van der Waals surface area contributed by atoms with Crippen molar-refractivity contribution < 1.29 is 43.3 Å². The summed E-state index contributed by atoms with van der Waals surface area (Å²) in [6.45, 7) is 6.95. The topological polar surface area (TPSA) is 190 Å². The fraction of sp³-hybridized carbons (Fsp3) is 0.164. The molecule has 3 heterocycles. The Morgan fingerprint density at radius 1 is 0.537 bits per heavy atom. The summed E-state index contributed by atoms with van der Waals surface area (Å²) in [6, 6.07) is 57.0. The summed E-state index contributed by atoms with van der Waals surface area (Å²) in [6.07, 6.45) is 1.77. The number of aliphatic carboxylic acids is 2. The maximum Gasteiger partial charge on any atom is 0.326 e. The number of ether oxygens (including phenoxy) is 2. The first-order chi connectivity index (χ1) is 39.9. The van der Waals surface area contributed by atoms with Gasteiger partial charge in [-0.3, -0.25) is 9.59 Å². The molecule has 7 aromatic carbocycles. The minimum Gasteiger partial charge on any atom is -0.493 e.